The monoisotopic (exact) mass is 367 g/mol. The zero-order valence-corrected chi connectivity index (χ0v) is 14.5. The predicted octanol–water partition coefficient (Wildman–Crippen LogP) is 3.79. The van der Waals surface area contributed by atoms with Crippen LogP contribution in [-0.2, 0) is 9.53 Å². The maximum atomic E-state index is 12.8. The third-order valence-electron chi connectivity index (χ3n) is 3.96. The third-order valence-corrected chi connectivity index (χ3v) is 4.45. The summed E-state index contributed by atoms with van der Waals surface area (Å²) in [5, 5.41) is 0. The number of hydrogen-bond donors (Lipinski definition) is 0. The Morgan fingerprint density at radius 1 is 1.32 bits per heavy atom. The second-order valence-electron chi connectivity index (χ2n) is 5.50. The molecule has 1 aromatic rings. The topological polar surface area (TPSA) is 46.6 Å². The van der Waals surface area contributed by atoms with E-state index in [0.29, 0.717) is 18.7 Å². The maximum absolute atomic E-state index is 12.8. The Hall–Kier alpha value is -1.36. The van der Waals surface area contributed by atoms with Crippen molar-refractivity contribution in [3.63, 3.8) is 0 Å². The van der Waals surface area contributed by atoms with Crippen molar-refractivity contribution in [2.45, 2.75) is 45.1 Å². The lowest BCUT2D eigenvalue weighted by molar-refractivity contribution is -0.143. The molecule has 0 heterocycles. The standard InChI is InChI=1S/C17H22BrNO3/c1-2-22-16(20)10-11-19(15-8-3-4-9-15)17(21)13-6-5-7-14(18)12-13/h5-7,12,15H,2-4,8-11H2,1H3. The van der Waals surface area contributed by atoms with Crippen molar-refractivity contribution in [2.24, 2.45) is 0 Å². The minimum Gasteiger partial charge on any atom is -0.466 e. The summed E-state index contributed by atoms with van der Waals surface area (Å²) in [7, 11) is 0. The minimum absolute atomic E-state index is 0.00232. The van der Waals surface area contributed by atoms with Gasteiger partial charge in [-0.3, -0.25) is 9.59 Å². The van der Waals surface area contributed by atoms with Crippen molar-refractivity contribution in [3.8, 4) is 0 Å². The highest BCUT2D eigenvalue weighted by Gasteiger charge is 2.27. The zero-order chi connectivity index (χ0) is 15.9. The van der Waals surface area contributed by atoms with Crippen LogP contribution in [0.5, 0.6) is 0 Å². The molecule has 0 radical (unpaired) electrons. The van der Waals surface area contributed by atoms with E-state index in [1.807, 2.05) is 29.2 Å². The number of nitrogens with zero attached hydrogens (tertiary/aromatic N) is 1. The summed E-state index contributed by atoms with van der Waals surface area (Å²) in [4.78, 5) is 26.3. The molecule has 2 rings (SSSR count). The van der Waals surface area contributed by atoms with Crippen LogP contribution in [0.15, 0.2) is 28.7 Å². The molecule has 5 heteroatoms. The van der Waals surface area contributed by atoms with E-state index in [9.17, 15) is 9.59 Å². The van der Waals surface area contributed by atoms with E-state index in [4.69, 9.17) is 4.74 Å². The highest BCUT2D eigenvalue weighted by Crippen LogP contribution is 2.25. The lowest BCUT2D eigenvalue weighted by atomic mass is 10.1. The first kappa shape index (κ1) is 17.0. The average molecular weight is 368 g/mol. The Morgan fingerprint density at radius 2 is 2.05 bits per heavy atom. The number of benzene rings is 1. The number of halogens is 1. The third kappa shape index (κ3) is 4.57. The van der Waals surface area contributed by atoms with Gasteiger partial charge in [0, 0.05) is 22.6 Å². The molecule has 0 aromatic heterocycles. The second-order valence-corrected chi connectivity index (χ2v) is 6.42. The molecule has 1 aliphatic carbocycles. The first-order valence-electron chi connectivity index (χ1n) is 7.84. The van der Waals surface area contributed by atoms with Crippen LogP contribution in [0, 0.1) is 0 Å². The molecule has 4 nitrogen and oxygen atoms in total. The van der Waals surface area contributed by atoms with E-state index >= 15 is 0 Å². The first-order valence-corrected chi connectivity index (χ1v) is 8.63. The van der Waals surface area contributed by atoms with Gasteiger partial charge < -0.3 is 9.64 Å². The highest BCUT2D eigenvalue weighted by atomic mass is 79.9. The number of amides is 1. The van der Waals surface area contributed by atoms with Crippen molar-refractivity contribution >= 4 is 27.8 Å². The van der Waals surface area contributed by atoms with E-state index in [-0.39, 0.29) is 24.3 Å². The van der Waals surface area contributed by atoms with Gasteiger partial charge in [0.25, 0.3) is 5.91 Å². The smallest absolute Gasteiger partial charge is 0.307 e. The van der Waals surface area contributed by atoms with Gasteiger partial charge in [-0.1, -0.05) is 34.8 Å². The summed E-state index contributed by atoms with van der Waals surface area (Å²) >= 11 is 3.40. The number of ether oxygens (including phenoxy) is 1. The largest absolute Gasteiger partial charge is 0.466 e. The molecule has 120 valence electrons. The summed E-state index contributed by atoms with van der Waals surface area (Å²) in [5.41, 5.74) is 0.658. The van der Waals surface area contributed by atoms with Gasteiger partial charge in [0.2, 0.25) is 0 Å². The molecule has 0 aliphatic heterocycles. The normalized spacial score (nSPS) is 14.8. The minimum atomic E-state index is -0.243. The van der Waals surface area contributed by atoms with Crippen LogP contribution in [0.2, 0.25) is 0 Å². The van der Waals surface area contributed by atoms with Crippen LogP contribution in [0.1, 0.15) is 49.4 Å². The van der Waals surface area contributed by atoms with E-state index in [1.165, 1.54) is 0 Å². The maximum Gasteiger partial charge on any atom is 0.307 e. The zero-order valence-electron chi connectivity index (χ0n) is 12.9. The summed E-state index contributed by atoms with van der Waals surface area (Å²) < 4.78 is 5.86. The average Bonchev–Trinajstić information content (AvgIpc) is 3.01. The second kappa shape index (κ2) is 8.32. The van der Waals surface area contributed by atoms with Gasteiger partial charge in [0.15, 0.2) is 0 Å². The van der Waals surface area contributed by atoms with Crippen molar-refractivity contribution in [2.75, 3.05) is 13.2 Å². The van der Waals surface area contributed by atoms with Gasteiger partial charge in [0.1, 0.15) is 0 Å². The Balaban J connectivity index is 2.09. The Morgan fingerprint density at radius 3 is 2.68 bits per heavy atom. The lowest BCUT2D eigenvalue weighted by Crippen LogP contribution is -2.40. The summed E-state index contributed by atoms with van der Waals surface area (Å²) in [6.07, 6.45) is 4.58. The number of rotatable bonds is 6. The van der Waals surface area contributed by atoms with Crippen molar-refractivity contribution in [3.05, 3.63) is 34.3 Å². The van der Waals surface area contributed by atoms with Crippen LogP contribution in [-0.4, -0.2) is 36.0 Å². The molecule has 1 amide bonds. The molecule has 0 unspecified atom stereocenters. The van der Waals surface area contributed by atoms with Crippen LogP contribution < -0.4 is 0 Å². The van der Waals surface area contributed by atoms with Gasteiger partial charge in [0.05, 0.1) is 13.0 Å². The molecule has 22 heavy (non-hydrogen) atoms. The lowest BCUT2D eigenvalue weighted by Gasteiger charge is -2.29. The van der Waals surface area contributed by atoms with Crippen LogP contribution in [0.3, 0.4) is 0 Å². The predicted molar refractivity (Wildman–Crippen MR) is 88.7 cm³/mol. The highest BCUT2D eigenvalue weighted by molar-refractivity contribution is 9.10. The van der Waals surface area contributed by atoms with Crippen molar-refractivity contribution in [1.29, 1.82) is 0 Å². The number of carbonyl (C=O) groups excluding carboxylic acids is 2. The summed E-state index contributed by atoms with van der Waals surface area (Å²) in [6, 6.07) is 7.64. The number of carbonyl (C=O) groups is 2. The van der Waals surface area contributed by atoms with Gasteiger partial charge in [-0.2, -0.15) is 0 Å². The molecular weight excluding hydrogens is 346 g/mol. The molecule has 0 atom stereocenters. The fraction of sp³-hybridized carbons (Fsp3) is 0.529. The Kier molecular flexibility index (Phi) is 6.43. The molecule has 0 spiro atoms. The van der Waals surface area contributed by atoms with Gasteiger partial charge in [-0.15, -0.1) is 0 Å². The Bertz CT molecular complexity index is 526. The fourth-order valence-corrected chi connectivity index (χ4v) is 3.30. The Labute approximate surface area is 140 Å². The van der Waals surface area contributed by atoms with Crippen LogP contribution in [0.4, 0.5) is 0 Å². The number of esters is 1. The molecular formula is C17H22BrNO3. The molecule has 0 saturated heterocycles. The molecule has 0 N–H and O–H groups in total. The fourth-order valence-electron chi connectivity index (χ4n) is 2.90. The van der Waals surface area contributed by atoms with Gasteiger partial charge in [-0.05, 0) is 38.0 Å². The SMILES string of the molecule is CCOC(=O)CCN(C(=O)c1cccc(Br)c1)C1CCCC1. The van der Waals surface area contributed by atoms with E-state index in [2.05, 4.69) is 15.9 Å². The molecule has 1 saturated carbocycles. The number of hydrogen-bond acceptors (Lipinski definition) is 3. The summed E-state index contributed by atoms with van der Waals surface area (Å²) in [5.74, 6) is -0.245. The van der Waals surface area contributed by atoms with Crippen molar-refractivity contribution < 1.29 is 14.3 Å². The van der Waals surface area contributed by atoms with E-state index in [1.54, 1.807) is 6.92 Å². The van der Waals surface area contributed by atoms with Gasteiger partial charge >= 0.3 is 5.97 Å². The van der Waals surface area contributed by atoms with Crippen molar-refractivity contribution in [1.82, 2.24) is 4.90 Å². The van der Waals surface area contributed by atoms with E-state index in [0.717, 1.165) is 30.2 Å². The van der Waals surface area contributed by atoms with E-state index < -0.39 is 0 Å². The quantitative estimate of drug-likeness (QED) is 0.718. The molecule has 1 aromatic carbocycles. The van der Waals surface area contributed by atoms with Crippen LogP contribution in [0.25, 0.3) is 0 Å². The van der Waals surface area contributed by atoms with Crippen LogP contribution >= 0.6 is 15.9 Å². The molecule has 1 fully saturated rings. The first-order chi connectivity index (χ1) is 10.6. The summed E-state index contributed by atoms with van der Waals surface area (Å²) in [6.45, 7) is 2.59. The molecule has 0 bridgehead atoms. The van der Waals surface area contributed by atoms with Gasteiger partial charge in [-0.25, -0.2) is 0 Å². The molecule has 1 aliphatic rings.